The molecule has 0 spiro atoms. The molecule has 2 aromatic heterocycles. The number of nitrogens with zero attached hydrogens (tertiary/aromatic N) is 4. The van der Waals surface area contributed by atoms with Crippen LogP contribution in [0.2, 0.25) is 5.28 Å². The van der Waals surface area contributed by atoms with Crippen LogP contribution in [-0.2, 0) is 0 Å². The Kier molecular flexibility index (Phi) is 4.69. The van der Waals surface area contributed by atoms with Crippen molar-refractivity contribution >= 4 is 29.3 Å². The summed E-state index contributed by atoms with van der Waals surface area (Å²) in [7, 11) is 0. The van der Waals surface area contributed by atoms with E-state index in [2.05, 4.69) is 30.2 Å². The van der Waals surface area contributed by atoms with Gasteiger partial charge in [0.1, 0.15) is 0 Å². The average Bonchev–Trinajstić information content (AvgIpc) is 2.35. The van der Waals surface area contributed by atoms with Crippen molar-refractivity contribution in [3.05, 3.63) is 27.9 Å². The lowest BCUT2D eigenvalue weighted by Gasteiger charge is -2.04. The van der Waals surface area contributed by atoms with Crippen LogP contribution in [0.3, 0.4) is 0 Å². The lowest BCUT2D eigenvalue weighted by atomic mass is 10.5. The summed E-state index contributed by atoms with van der Waals surface area (Å²) >= 11 is 6.93. The molecular formula is C10H11ClN6OS. The second-order valence-corrected chi connectivity index (χ2v) is 4.77. The third-order valence-electron chi connectivity index (χ3n) is 1.96. The minimum atomic E-state index is -0.234. The fraction of sp³-hybridized carbons (Fsp3) is 0.300. The summed E-state index contributed by atoms with van der Waals surface area (Å²) in [5, 5.41) is 3.88. The van der Waals surface area contributed by atoms with Crippen LogP contribution in [0.1, 0.15) is 13.3 Å². The summed E-state index contributed by atoms with van der Waals surface area (Å²) in [6.07, 6.45) is 2.36. The second-order valence-electron chi connectivity index (χ2n) is 3.48. The van der Waals surface area contributed by atoms with Gasteiger partial charge in [-0.3, -0.25) is 4.79 Å². The van der Waals surface area contributed by atoms with Crippen molar-refractivity contribution in [3.63, 3.8) is 0 Å². The van der Waals surface area contributed by atoms with E-state index in [0.717, 1.165) is 24.7 Å². The van der Waals surface area contributed by atoms with Gasteiger partial charge in [-0.05, 0) is 29.8 Å². The quantitative estimate of drug-likeness (QED) is 0.809. The van der Waals surface area contributed by atoms with E-state index in [0.29, 0.717) is 16.3 Å². The Labute approximate surface area is 118 Å². The van der Waals surface area contributed by atoms with Gasteiger partial charge in [0.05, 0.1) is 0 Å². The van der Waals surface area contributed by atoms with Gasteiger partial charge in [0.2, 0.25) is 16.4 Å². The van der Waals surface area contributed by atoms with Gasteiger partial charge in [0.15, 0.2) is 5.16 Å². The first-order chi connectivity index (χ1) is 9.17. The fourth-order valence-electron chi connectivity index (χ4n) is 1.18. The van der Waals surface area contributed by atoms with Crippen LogP contribution in [0, 0.1) is 0 Å². The molecule has 100 valence electrons. The van der Waals surface area contributed by atoms with E-state index in [1.54, 1.807) is 0 Å². The molecule has 0 unspecified atom stereocenters. The van der Waals surface area contributed by atoms with Crippen LogP contribution in [0.25, 0.3) is 0 Å². The Morgan fingerprint density at radius 3 is 3.00 bits per heavy atom. The first-order valence-electron chi connectivity index (χ1n) is 5.56. The van der Waals surface area contributed by atoms with E-state index in [1.165, 1.54) is 12.3 Å². The summed E-state index contributed by atoms with van der Waals surface area (Å²) in [5.41, 5.74) is -0.234. The van der Waals surface area contributed by atoms with E-state index in [-0.39, 0.29) is 10.8 Å². The van der Waals surface area contributed by atoms with Gasteiger partial charge in [-0.2, -0.15) is 15.0 Å². The molecule has 0 amide bonds. The molecule has 2 heterocycles. The number of H-pyrrole nitrogens is 1. The molecule has 9 heteroatoms. The first-order valence-corrected chi connectivity index (χ1v) is 6.75. The molecule has 0 aromatic carbocycles. The SMILES string of the molecule is CCCNc1nc(Cl)nc(Sc2nccc(=O)[nH]2)n1. The Morgan fingerprint density at radius 2 is 2.26 bits per heavy atom. The van der Waals surface area contributed by atoms with Gasteiger partial charge in [-0.25, -0.2) is 4.98 Å². The minimum absolute atomic E-state index is 0.0920. The van der Waals surface area contributed by atoms with E-state index >= 15 is 0 Å². The second kappa shape index (κ2) is 6.48. The summed E-state index contributed by atoms with van der Waals surface area (Å²) < 4.78 is 0. The highest BCUT2D eigenvalue weighted by molar-refractivity contribution is 7.99. The number of hydrogen-bond donors (Lipinski definition) is 2. The molecule has 19 heavy (non-hydrogen) atoms. The van der Waals surface area contributed by atoms with Crippen LogP contribution >= 0.6 is 23.4 Å². The predicted octanol–water partition coefficient (Wildman–Crippen LogP) is 1.58. The number of halogens is 1. The molecule has 0 aliphatic rings. The van der Waals surface area contributed by atoms with Crippen molar-refractivity contribution < 1.29 is 0 Å². The van der Waals surface area contributed by atoms with E-state index < -0.39 is 0 Å². The molecule has 7 nitrogen and oxygen atoms in total. The van der Waals surface area contributed by atoms with Gasteiger partial charge >= 0.3 is 0 Å². The smallest absolute Gasteiger partial charge is 0.251 e. The molecule has 2 rings (SSSR count). The highest BCUT2D eigenvalue weighted by Crippen LogP contribution is 2.21. The Balaban J connectivity index is 2.20. The number of aromatic amines is 1. The number of nitrogens with one attached hydrogen (secondary N) is 2. The minimum Gasteiger partial charge on any atom is -0.354 e. The molecule has 0 atom stereocenters. The molecule has 0 fully saturated rings. The monoisotopic (exact) mass is 298 g/mol. The van der Waals surface area contributed by atoms with Crippen LogP contribution in [0.4, 0.5) is 5.95 Å². The normalized spacial score (nSPS) is 10.4. The van der Waals surface area contributed by atoms with Crippen molar-refractivity contribution in [1.29, 1.82) is 0 Å². The third-order valence-corrected chi connectivity index (χ3v) is 2.89. The molecule has 0 saturated carbocycles. The molecule has 0 aliphatic heterocycles. The predicted molar refractivity (Wildman–Crippen MR) is 72.6 cm³/mol. The van der Waals surface area contributed by atoms with Crippen molar-refractivity contribution in [3.8, 4) is 0 Å². The standard InChI is InChI=1S/C10H11ClN6OS/c1-2-4-12-8-15-7(11)16-10(17-8)19-9-13-5-3-6(18)14-9/h3,5H,2,4H2,1H3,(H,13,14,18)(H,12,15,16,17). The van der Waals surface area contributed by atoms with Gasteiger partial charge in [0.25, 0.3) is 5.56 Å². The maximum absolute atomic E-state index is 11.2. The summed E-state index contributed by atoms with van der Waals surface area (Å²) in [6.45, 7) is 2.77. The average molecular weight is 299 g/mol. The zero-order valence-electron chi connectivity index (χ0n) is 10.1. The van der Waals surface area contributed by atoms with Gasteiger partial charge in [0, 0.05) is 18.8 Å². The Morgan fingerprint density at radius 1 is 1.42 bits per heavy atom. The van der Waals surface area contributed by atoms with E-state index in [4.69, 9.17) is 11.6 Å². The topological polar surface area (TPSA) is 96.5 Å². The zero-order chi connectivity index (χ0) is 13.7. The highest BCUT2D eigenvalue weighted by atomic mass is 35.5. The van der Waals surface area contributed by atoms with E-state index in [9.17, 15) is 4.79 Å². The Bertz CT molecular complexity index is 619. The summed E-state index contributed by atoms with van der Waals surface area (Å²) in [4.78, 5) is 29.8. The van der Waals surface area contributed by atoms with Crippen LogP contribution in [0.15, 0.2) is 27.4 Å². The van der Waals surface area contributed by atoms with Crippen molar-refractivity contribution in [2.75, 3.05) is 11.9 Å². The van der Waals surface area contributed by atoms with E-state index in [1.807, 2.05) is 6.92 Å². The van der Waals surface area contributed by atoms with Crippen LogP contribution in [0.5, 0.6) is 0 Å². The molecule has 2 aromatic rings. The third kappa shape index (κ3) is 4.18. The lowest BCUT2D eigenvalue weighted by Crippen LogP contribution is -2.07. The van der Waals surface area contributed by atoms with Crippen LogP contribution < -0.4 is 10.9 Å². The van der Waals surface area contributed by atoms with Crippen molar-refractivity contribution in [2.45, 2.75) is 23.7 Å². The number of hydrogen-bond acceptors (Lipinski definition) is 7. The van der Waals surface area contributed by atoms with Crippen molar-refractivity contribution in [1.82, 2.24) is 24.9 Å². The maximum Gasteiger partial charge on any atom is 0.251 e. The number of anilines is 1. The van der Waals surface area contributed by atoms with Gasteiger partial charge in [-0.15, -0.1) is 0 Å². The Hall–Kier alpha value is -1.67. The molecule has 0 radical (unpaired) electrons. The zero-order valence-corrected chi connectivity index (χ0v) is 11.6. The highest BCUT2D eigenvalue weighted by Gasteiger charge is 2.07. The molecule has 0 bridgehead atoms. The summed E-state index contributed by atoms with van der Waals surface area (Å²) in [6, 6.07) is 1.33. The largest absolute Gasteiger partial charge is 0.354 e. The van der Waals surface area contributed by atoms with Gasteiger partial charge < -0.3 is 10.3 Å². The first kappa shape index (κ1) is 13.8. The number of aromatic nitrogens is 5. The molecule has 0 aliphatic carbocycles. The molecule has 0 saturated heterocycles. The molecular weight excluding hydrogens is 288 g/mol. The lowest BCUT2D eigenvalue weighted by molar-refractivity contribution is 0.866. The molecule has 2 N–H and O–H groups in total. The van der Waals surface area contributed by atoms with Crippen LogP contribution in [-0.4, -0.2) is 31.5 Å². The number of rotatable bonds is 5. The fourth-order valence-corrected chi connectivity index (χ4v) is 2.10. The maximum atomic E-state index is 11.2. The van der Waals surface area contributed by atoms with Crippen molar-refractivity contribution in [2.24, 2.45) is 0 Å². The summed E-state index contributed by atoms with van der Waals surface area (Å²) in [5.74, 6) is 0.405. The van der Waals surface area contributed by atoms with Gasteiger partial charge in [-0.1, -0.05) is 6.92 Å².